The van der Waals surface area contributed by atoms with E-state index in [1.54, 1.807) is 32.9 Å². The van der Waals surface area contributed by atoms with Crippen LogP contribution in [0, 0.1) is 11.8 Å². The molecule has 0 radical (unpaired) electrons. The minimum Gasteiger partial charge on any atom is -0.465 e. The first-order valence-corrected chi connectivity index (χ1v) is 11.6. The highest BCUT2D eigenvalue weighted by Gasteiger charge is 2.48. The third-order valence-corrected chi connectivity index (χ3v) is 6.84. The molecule has 1 aliphatic carbocycles. The number of nitrogens with zero attached hydrogens (tertiary/aromatic N) is 3. The molecule has 1 aromatic carbocycles. The van der Waals surface area contributed by atoms with Gasteiger partial charge in [0.05, 0.1) is 12.1 Å². The Morgan fingerprint density at radius 3 is 2.24 bits per heavy atom. The van der Waals surface area contributed by atoms with Crippen molar-refractivity contribution in [2.24, 2.45) is 11.8 Å². The summed E-state index contributed by atoms with van der Waals surface area (Å²) < 4.78 is 0. The topological polar surface area (TPSA) is 94.0 Å². The number of benzene rings is 1. The summed E-state index contributed by atoms with van der Waals surface area (Å²) in [7, 11) is 0. The highest BCUT2D eigenvalue weighted by atomic mass is 16.4. The summed E-state index contributed by atoms with van der Waals surface area (Å²) in [5.74, 6) is 1.09. The van der Waals surface area contributed by atoms with Crippen LogP contribution in [0.5, 0.6) is 0 Å². The van der Waals surface area contributed by atoms with E-state index in [2.05, 4.69) is 22.0 Å². The average Bonchev–Trinajstić information content (AvgIpc) is 3.21. The van der Waals surface area contributed by atoms with Crippen molar-refractivity contribution in [1.29, 1.82) is 0 Å². The Morgan fingerprint density at radius 1 is 1.09 bits per heavy atom. The summed E-state index contributed by atoms with van der Waals surface area (Å²) in [6, 6.07) is 13.4. The molecule has 0 spiro atoms. The summed E-state index contributed by atoms with van der Waals surface area (Å²) in [6.07, 6.45) is 2.61. The molecule has 2 unspecified atom stereocenters. The molecule has 1 saturated carbocycles. The number of aliphatic hydroxyl groups is 1. The number of likely N-dealkylation sites (tertiary alicyclic amines) is 1. The molecule has 33 heavy (non-hydrogen) atoms. The van der Waals surface area contributed by atoms with Crippen LogP contribution < -0.4 is 4.90 Å². The first-order valence-electron chi connectivity index (χ1n) is 11.6. The van der Waals surface area contributed by atoms with E-state index in [0.717, 1.165) is 31.5 Å². The fourth-order valence-electron chi connectivity index (χ4n) is 5.51. The number of anilines is 1. The number of rotatable bonds is 6. The van der Waals surface area contributed by atoms with Crippen molar-refractivity contribution in [3.63, 3.8) is 0 Å². The molecule has 1 amide bonds. The highest BCUT2D eigenvalue weighted by molar-refractivity contribution is 5.97. The Hall–Kier alpha value is -2.77. The monoisotopic (exact) mass is 451 g/mol. The Morgan fingerprint density at radius 2 is 1.73 bits per heavy atom. The van der Waals surface area contributed by atoms with E-state index < -0.39 is 17.2 Å². The molecule has 7 heteroatoms. The molecule has 2 aliphatic rings. The van der Waals surface area contributed by atoms with Crippen LogP contribution in [-0.2, 0) is 6.42 Å². The molecular weight excluding hydrogens is 418 g/mol. The zero-order valence-electron chi connectivity index (χ0n) is 19.6. The zero-order chi connectivity index (χ0) is 23.8. The molecule has 4 rings (SSSR count). The molecule has 2 aromatic rings. The maximum atomic E-state index is 12.8. The molecule has 7 nitrogen and oxygen atoms in total. The molecule has 1 aromatic heterocycles. The van der Waals surface area contributed by atoms with Gasteiger partial charge in [0, 0.05) is 36.8 Å². The summed E-state index contributed by atoms with van der Waals surface area (Å²) >= 11 is 0. The lowest BCUT2D eigenvalue weighted by Crippen LogP contribution is -2.45. The van der Waals surface area contributed by atoms with Crippen LogP contribution in [0.15, 0.2) is 48.7 Å². The van der Waals surface area contributed by atoms with Gasteiger partial charge in [0.1, 0.15) is 5.82 Å². The van der Waals surface area contributed by atoms with Gasteiger partial charge in [0.15, 0.2) is 5.78 Å². The largest absolute Gasteiger partial charge is 0.465 e. The second-order valence-electron chi connectivity index (χ2n) is 10.6. The van der Waals surface area contributed by atoms with E-state index >= 15 is 0 Å². The third-order valence-electron chi connectivity index (χ3n) is 6.84. The van der Waals surface area contributed by atoms with Crippen molar-refractivity contribution in [3.05, 3.63) is 59.8 Å². The standard InChI is InChI=1S/C26H33N3O4/c1-25(2,3)29(24(31)32)23-10-9-19(14-27-23)22(30)17-28-15-20-12-26(33,13-21(20)16-28)11-18-7-5-4-6-8-18/h4-10,14,20-21,33H,11-13,15-17H2,1-3H3,(H,31,32). The molecule has 176 valence electrons. The number of Topliss-reactive ketones (excluding diaryl/α,β-unsaturated/α-hetero) is 1. The van der Waals surface area contributed by atoms with Gasteiger partial charge in [-0.25, -0.2) is 9.78 Å². The predicted octanol–water partition coefficient (Wildman–Crippen LogP) is 3.86. The number of pyridine rings is 1. The third kappa shape index (κ3) is 5.25. The Kier molecular flexibility index (Phi) is 6.29. The Bertz CT molecular complexity index is 986. The van der Waals surface area contributed by atoms with E-state index in [-0.39, 0.29) is 5.78 Å². The quantitative estimate of drug-likeness (QED) is 0.648. The second kappa shape index (κ2) is 8.88. The molecular formula is C26H33N3O4. The van der Waals surface area contributed by atoms with Gasteiger partial charge in [-0.2, -0.15) is 0 Å². The molecule has 2 N–H and O–H groups in total. The number of carbonyl (C=O) groups excluding carboxylic acids is 1. The summed E-state index contributed by atoms with van der Waals surface area (Å²) in [5.41, 5.74) is 0.349. The lowest BCUT2D eigenvalue weighted by molar-refractivity contribution is 0.0355. The molecule has 1 aliphatic heterocycles. The van der Waals surface area contributed by atoms with E-state index in [1.807, 2.05) is 18.2 Å². The smallest absolute Gasteiger partial charge is 0.413 e. The minimum atomic E-state index is -1.08. The lowest BCUT2D eigenvalue weighted by atomic mass is 9.91. The van der Waals surface area contributed by atoms with E-state index in [9.17, 15) is 19.8 Å². The number of ketones is 1. The summed E-state index contributed by atoms with van der Waals surface area (Å²) in [6.45, 7) is 7.34. The summed E-state index contributed by atoms with van der Waals surface area (Å²) in [4.78, 5) is 32.1. The second-order valence-corrected chi connectivity index (χ2v) is 10.6. The summed E-state index contributed by atoms with van der Waals surface area (Å²) in [5, 5.41) is 20.6. The number of fused-ring (bicyclic) bond motifs is 1. The Labute approximate surface area is 195 Å². The number of hydrogen-bond acceptors (Lipinski definition) is 5. The first-order chi connectivity index (χ1) is 15.5. The van der Waals surface area contributed by atoms with Gasteiger partial charge >= 0.3 is 6.09 Å². The predicted molar refractivity (Wildman–Crippen MR) is 127 cm³/mol. The van der Waals surface area contributed by atoms with Gasteiger partial charge in [-0.3, -0.25) is 14.6 Å². The number of carboxylic acid groups (broad SMARTS) is 1. The van der Waals surface area contributed by atoms with Gasteiger partial charge < -0.3 is 10.2 Å². The van der Waals surface area contributed by atoms with Crippen molar-refractivity contribution < 1.29 is 19.8 Å². The molecule has 2 fully saturated rings. The van der Waals surface area contributed by atoms with Gasteiger partial charge in [0.25, 0.3) is 0 Å². The molecule has 0 bridgehead atoms. The van der Waals surface area contributed by atoms with Crippen molar-refractivity contribution >= 4 is 17.7 Å². The fraction of sp³-hybridized carbons (Fsp3) is 0.500. The van der Waals surface area contributed by atoms with Crippen molar-refractivity contribution in [1.82, 2.24) is 9.88 Å². The number of aromatic nitrogens is 1. The van der Waals surface area contributed by atoms with Crippen LogP contribution in [0.25, 0.3) is 0 Å². The zero-order valence-corrected chi connectivity index (χ0v) is 19.6. The fourth-order valence-corrected chi connectivity index (χ4v) is 5.51. The molecule has 2 heterocycles. The van der Waals surface area contributed by atoms with Crippen molar-refractivity contribution in [2.45, 2.75) is 51.2 Å². The molecule has 2 atom stereocenters. The normalized spacial score (nSPS) is 25.1. The average molecular weight is 452 g/mol. The van der Waals surface area contributed by atoms with Crippen LogP contribution >= 0.6 is 0 Å². The number of amides is 1. The van der Waals surface area contributed by atoms with Crippen LogP contribution in [0.2, 0.25) is 0 Å². The van der Waals surface area contributed by atoms with Crippen LogP contribution in [0.3, 0.4) is 0 Å². The lowest BCUT2D eigenvalue weighted by Gasteiger charge is -2.32. The minimum absolute atomic E-state index is 0.0220. The van der Waals surface area contributed by atoms with Gasteiger partial charge in [0.2, 0.25) is 0 Å². The van der Waals surface area contributed by atoms with Crippen LogP contribution in [0.1, 0.15) is 49.5 Å². The molecule has 1 saturated heterocycles. The van der Waals surface area contributed by atoms with Crippen LogP contribution in [-0.4, -0.2) is 62.7 Å². The van der Waals surface area contributed by atoms with E-state index in [1.165, 1.54) is 11.1 Å². The maximum Gasteiger partial charge on any atom is 0.413 e. The highest BCUT2D eigenvalue weighted by Crippen LogP contribution is 2.45. The van der Waals surface area contributed by atoms with Crippen molar-refractivity contribution in [3.8, 4) is 0 Å². The van der Waals surface area contributed by atoms with Gasteiger partial charge in [-0.05, 0) is 63.1 Å². The van der Waals surface area contributed by atoms with Crippen LogP contribution in [0.4, 0.5) is 10.6 Å². The van der Waals surface area contributed by atoms with Gasteiger partial charge in [-0.1, -0.05) is 30.3 Å². The van der Waals surface area contributed by atoms with E-state index in [0.29, 0.717) is 36.2 Å². The first kappa shape index (κ1) is 23.4. The number of carbonyl (C=O) groups is 2. The SMILES string of the molecule is CC(C)(C)N(C(=O)O)c1ccc(C(=O)CN2CC3CC(O)(Cc4ccccc4)CC3C2)cn1. The van der Waals surface area contributed by atoms with Crippen molar-refractivity contribution in [2.75, 3.05) is 24.5 Å². The van der Waals surface area contributed by atoms with E-state index in [4.69, 9.17) is 0 Å². The van der Waals surface area contributed by atoms with Gasteiger partial charge in [-0.15, -0.1) is 0 Å². The number of hydrogen-bond donors (Lipinski definition) is 2. The Balaban J connectivity index is 1.33. The maximum absolute atomic E-state index is 12.8.